The third kappa shape index (κ3) is 3.86. The highest BCUT2D eigenvalue weighted by Crippen LogP contribution is 2.41. The standard InChI is InChI=1S/C39H26N4S/c40-23-24-14-19-30-33(20-24)41-39(26-8-2-1-3-9-26)42-38(30)25-15-17-27(18-16-25)43-34-12-6-4-10-28(34)31-22-37-32(21-35(31)43)29-11-5-7-13-36(29)44-37/h1-22,38-39,41-42H. The van der Waals surface area contributed by atoms with E-state index < -0.39 is 0 Å². The molecule has 0 amide bonds. The lowest BCUT2D eigenvalue weighted by Crippen LogP contribution is -2.37. The summed E-state index contributed by atoms with van der Waals surface area (Å²) in [6.07, 6.45) is -0.0810. The van der Waals surface area contributed by atoms with Crippen LogP contribution in [0.5, 0.6) is 0 Å². The van der Waals surface area contributed by atoms with Crippen LogP contribution in [0.3, 0.4) is 0 Å². The average Bonchev–Trinajstić information content (AvgIpc) is 3.61. The van der Waals surface area contributed by atoms with Gasteiger partial charge in [0.05, 0.1) is 28.7 Å². The molecule has 208 valence electrons. The van der Waals surface area contributed by atoms with Gasteiger partial charge in [-0.05, 0) is 65.2 Å². The van der Waals surface area contributed by atoms with Crippen LogP contribution in [-0.4, -0.2) is 4.57 Å². The molecule has 9 rings (SSSR count). The molecule has 2 N–H and O–H groups in total. The summed E-state index contributed by atoms with van der Waals surface area (Å²) in [6.45, 7) is 0. The van der Waals surface area contributed by atoms with Gasteiger partial charge in [0.1, 0.15) is 6.17 Å². The summed E-state index contributed by atoms with van der Waals surface area (Å²) in [4.78, 5) is 0. The minimum atomic E-state index is -0.0810. The van der Waals surface area contributed by atoms with E-state index in [0.717, 1.165) is 22.5 Å². The number of rotatable bonds is 3. The molecular weight excluding hydrogens is 557 g/mol. The molecule has 0 bridgehead atoms. The van der Waals surface area contributed by atoms with Gasteiger partial charge in [-0.3, -0.25) is 5.32 Å². The van der Waals surface area contributed by atoms with E-state index in [9.17, 15) is 5.26 Å². The molecule has 2 unspecified atom stereocenters. The predicted octanol–water partition coefficient (Wildman–Crippen LogP) is 9.83. The fourth-order valence-electron chi connectivity index (χ4n) is 6.84. The van der Waals surface area contributed by atoms with E-state index in [0.29, 0.717) is 5.56 Å². The first kappa shape index (κ1) is 25.1. The average molecular weight is 583 g/mol. The number of nitrogens with zero attached hydrogens (tertiary/aromatic N) is 2. The van der Waals surface area contributed by atoms with Gasteiger partial charge in [0.15, 0.2) is 0 Å². The number of hydrogen-bond donors (Lipinski definition) is 2. The predicted molar refractivity (Wildman–Crippen MR) is 183 cm³/mol. The van der Waals surface area contributed by atoms with Gasteiger partial charge in [-0.25, -0.2) is 0 Å². The molecule has 6 aromatic carbocycles. The van der Waals surface area contributed by atoms with Gasteiger partial charge in [0.25, 0.3) is 0 Å². The largest absolute Gasteiger partial charge is 0.366 e. The molecule has 4 nitrogen and oxygen atoms in total. The Morgan fingerprint density at radius 3 is 2.23 bits per heavy atom. The number of anilines is 1. The number of thiophene rings is 1. The fourth-order valence-corrected chi connectivity index (χ4v) is 7.96. The van der Waals surface area contributed by atoms with Crippen LogP contribution in [0.15, 0.2) is 133 Å². The van der Waals surface area contributed by atoms with Crippen LogP contribution in [0.4, 0.5) is 5.69 Å². The molecule has 44 heavy (non-hydrogen) atoms. The van der Waals surface area contributed by atoms with Crippen molar-refractivity contribution in [1.29, 1.82) is 5.26 Å². The van der Waals surface area contributed by atoms with E-state index in [-0.39, 0.29) is 12.2 Å². The van der Waals surface area contributed by atoms with Crippen LogP contribution in [-0.2, 0) is 0 Å². The number of nitrogens with one attached hydrogen (secondary N) is 2. The quantitative estimate of drug-likeness (QED) is 0.218. The van der Waals surface area contributed by atoms with E-state index in [1.54, 1.807) is 0 Å². The van der Waals surface area contributed by atoms with E-state index in [1.165, 1.54) is 47.5 Å². The normalized spacial score (nSPS) is 16.2. The molecule has 1 aliphatic rings. The molecule has 0 fully saturated rings. The summed E-state index contributed by atoms with van der Waals surface area (Å²) in [7, 11) is 0. The molecule has 0 saturated carbocycles. The maximum atomic E-state index is 9.58. The van der Waals surface area contributed by atoms with Crippen molar-refractivity contribution >= 4 is 59.0 Å². The first-order valence-electron chi connectivity index (χ1n) is 14.8. The summed E-state index contributed by atoms with van der Waals surface area (Å²) in [5.41, 5.74) is 8.65. The van der Waals surface area contributed by atoms with E-state index in [1.807, 2.05) is 29.5 Å². The first-order chi connectivity index (χ1) is 21.7. The Balaban J connectivity index is 1.18. The highest BCUT2D eigenvalue weighted by molar-refractivity contribution is 7.25. The molecule has 0 radical (unpaired) electrons. The van der Waals surface area contributed by atoms with Crippen LogP contribution in [0.25, 0.3) is 47.7 Å². The van der Waals surface area contributed by atoms with Crippen LogP contribution in [0.2, 0.25) is 0 Å². The smallest absolute Gasteiger partial charge is 0.104 e. The molecule has 3 heterocycles. The molecule has 1 aliphatic heterocycles. The number of fused-ring (bicyclic) bond motifs is 7. The van der Waals surface area contributed by atoms with Gasteiger partial charge >= 0.3 is 0 Å². The lowest BCUT2D eigenvalue weighted by Gasteiger charge is -2.35. The maximum Gasteiger partial charge on any atom is 0.104 e. The molecule has 2 aromatic heterocycles. The summed E-state index contributed by atoms with van der Waals surface area (Å²) in [5, 5.41) is 22.2. The van der Waals surface area contributed by atoms with Crippen LogP contribution in [0.1, 0.15) is 34.5 Å². The Morgan fingerprint density at radius 2 is 1.39 bits per heavy atom. The molecule has 5 heteroatoms. The summed E-state index contributed by atoms with van der Waals surface area (Å²) in [5.74, 6) is 0. The van der Waals surface area contributed by atoms with Gasteiger partial charge in [-0.2, -0.15) is 5.26 Å². The molecule has 0 aliphatic carbocycles. The van der Waals surface area contributed by atoms with Crippen molar-refractivity contribution < 1.29 is 0 Å². The summed E-state index contributed by atoms with van der Waals surface area (Å²) < 4.78 is 5.04. The van der Waals surface area contributed by atoms with Crippen LogP contribution >= 0.6 is 11.3 Å². The highest BCUT2D eigenvalue weighted by atomic mass is 32.1. The first-order valence-corrected chi connectivity index (χ1v) is 15.6. The van der Waals surface area contributed by atoms with E-state index in [4.69, 9.17) is 0 Å². The van der Waals surface area contributed by atoms with Gasteiger partial charge in [0.2, 0.25) is 0 Å². The van der Waals surface area contributed by atoms with Crippen LogP contribution < -0.4 is 10.6 Å². The maximum absolute atomic E-state index is 9.58. The monoisotopic (exact) mass is 582 g/mol. The SMILES string of the molecule is N#Cc1ccc2c(c1)NC(c1ccccc1)NC2c1ccc(-n2c3ccccc3c3cc4sc5ccccc5c4cc32)cc1. The molecule has 0 spiro atoms. The second-order valence-electron chi connectivity index (χ2n) is 11.4. The summed E-state index contributed by atoms with van der Waals surface area (Å²) >= 11 is 1.86. The van der Waals surface area contributed by atoms with Gasteiger partial charge < -0.3 is 9.88 Å². The van der Waals surface area contributed by atoms with Crippen molar-refractivity contribution in [1.82, 2.24) is 9.88 Å². The molecule has 2 atom stereocenters. The van der Waals surface area contributed by atoms with E-state index in [2.05, 4.69) is 137 Å². The fraction of sp³-hybridized carbons (Fsp3) is 0.0513. The Labute approximate surface area is 258 Å². The number of hydrogen-bond acceptors (Lipinski definition) is 4. The summed E-state index contributed by atoms with van der Waals surface area (Å²) in [6, 6.07) is 49.7. The van der Waals surface area contributed by atoms with Crippen molar-refractivity contribution in [2.45, 2.75) is 12.2 Å². The number of para-hydroxylation sites is 1. The van der Waals surface area contributed by atoms with E-state index >= 15 is 0 Å². The second-order valence-corrected chi connectivity index (χ2v) is 12.5. The zero-order chi connectivity index (χ0) is 29.2. The molecular formula is C39H26N4S. The van der Waals surface area contributed by atoms with Crippen molar-refractivity contribution in [3.05, 3.63) is 156 Å². The lowest BCUT2D eigenvalue weighted by molar-refractivity contribution is 0.506. The zero-order valence-electron chi connectivity index (χ0n) is 23.7. The molecule has 0 saturated heterocycles. The van der Waals surface area contributed by atoms with Gasteiger partial charge in [0, 0.05) is 42.3 Å². The topological polar surface area (TPSA) is 52.8 Å². The Kier molecular flexibility index (Phi) is 5.61. The Hall–Kier alpha value is -5.41. The number of benzene rings is 6. The Morgan fingerprint density at radius 1 is 0.614 bits per heavy atom. The lowest BCUT2D eigenvalue weighted by atomic mass is 9.92. The third-order valence-electron chi connectivity index (χ3n) is 8.92. The van der Waals surface area contributed by atoms with Gasteiger partial charge in [-0.15, -0.1) is 11.3 Å². The number of nitriles is 1. The second kappa shape index (κ2) is 9.82. The Bertz CT molecular complexity index is 2410. The number of aromatic nitrogens is 1. The van der Waals surface area contributed by atoms with Crippen molar-refractivity contribution in [2.75, 3.05) is 5.32 Å². The van der Waals surface area contributed by atoms with Crippen LogP contribution in [0, 0.1) is 11.3 Å². The van der Waals surface area contributed by atoms with Gasteiger partial charge in [-0.1, -0.05) is 84.9 Å². The minimum absolute atomic E-state index is 0.0341. The zero-order valence-corrected chi connectivity index (χ0v) is 24.5. The molecule has 8 aromatic rings. The highest BCUT2D eigenvalue weighted by Gasteiger charge is 2.28. The van der Waals surface area contributed by atoms with Crippen molar-refractivity contribution in [2.24, 2.45) is 0 Å². The third-order valence-corrected chi connectivity index (χ3v) is 10.0. The van der Waals surface area contributed by atoms with Crippen molar-refractivity contribution in [3.63, 3.8) is 0 Å². The van der Waals surface area contributed by atoms with Crippen molar-refractivity contribution in [3.8, 4) is 11.8 Å². The minimum Gasteiger partial charge on any atom is -0.366 e.